The lowest BCUT2D eigenvalue weighted by molar-refractivity contribution is 0.0106. The standard InChI is InChI=1S/C22H26FNO/c23-20-9-7-18(8-10-20)21-11-12-24-14-22(21)25-15-16-5-6-17-3-1-2-4-19(17)13-16/h5-10,13,21-22,24H,1-4,11-12,14-15H2. The Morgan fingerprint density at radius 3 is 2.64 bits per heavy atom. The predicted octanol–water partition coefficient (Wildman–Crippen LogP) is 4.37. The van der Waals surface area contributed by atoms with E-state index in [9.17, 15) is 4.39 Å². The first-order valence-electron chi connectivity index (χ1n) is 9.48. The summed E-state index contributed by atoms with van der Waals surface area (Å²) < 4.78 is 19.5. The van der Waals surface area contributed by atoms with Crippen LogP contribution in [0.25, 0.3) is 0 Å². The molecule has 0 radical (unpaired) electrons. The Bertz CT molecular complexity index is 712. The van der Waals surface area contributed by atoms with Crippen molar-refractivity contribution in [3.8, 4) is 0 Å². The second kappa shape index (κ2) is 7.67. The zero-order valence-electron chi connectivity index (χ0n) is 14.6. The molecule has 2 aromatic rings. The number of rotatable bonds is 4. The van der Waals surface area contributed by atoms with Crippen molar-refractivity contribution in [2.75, 3.05) is 13.1 Å². The Morgan fingerprint density at radius 1 is 1.00 bits per heavy atom. The third-order valence-corrected chi connectivity index (χ3v) is 5.60. The summed E-state index contributed by atoms with van der Waals surface area (Å²) in [5.41, 5.74) is 5.46. The van der Waals surface area contributed by atoms with E-state index in [1.54, 1.807) is 12.1 Å². The van der Waals surface area contributed by atoms with Crippen molar-refractivity contribution in [1.29, 1.82) is 0 Å². The largest absolute Gasteiger partial charge is 0.372 e. The van der Waals surface area contributed by atoms with Crippen LogP contribution < -0.4 is 5.32 Å². The van der Waals surface area contributed by atoms with Crippen molar-refractivity contribution in [2.24, 2.45) is 0 Å². The molecule has 2 aliphatic rings. The molecule has 132 valence electrons. The first-order valence-corrected chi connectivity index (χ1v) is 9.48. The minimum atomic E-state index is -0.177. The highest BCUT2D eigenvalue weighted by atomic mass is 19.1. The second-order valence-electron chi connectivity index (χ2n) is 7.31. The summed E-state index contributed by atoms with van der Waals surface area (Å²) in [6, 6.07) is 13.7. The quantitative estimate of drug-likeness (QED) is 0.893. The predicted molar refractivity (Wildman–Crippen MR) is 98.3 cm³/mol. The molecule has 0 bridgehead atoms. The van der Waals surface area contributed by atoms with Crippen LogP contribution in [0.4, 0.5) is 4.39 Å². The van der Waals surface area contributed by atoms with Crippen molar-refractivity contribution in [3.05, 3.63) is 70.5 Å². The van der Waals surface area contributed by atoms with Crippen LogP contribution in [0.2, 0.25) is 0 Å². The van der Waals surface area contributed by atoms with Crippen LogP contribution >= 0.6 is 0 Å². The molecule has 0 saturated carbocycles. The molecular weight excluding hydrogens is 313 g/mol. The molecule has 25 heavy (non-hydrogen) atoms. The van der Waals surface area contributed by atoms with E-state index in [-0.39, 0.29) is 11.9 Å². The summed E-state index contributed by atoms with van der Waals surface area (Å²) in [6.07, 6.45) is 6.20. The molecule has 1 N–H and O–H groups in total. The van der Waals surface area contributed by atoms with Gasteiger partial charge < -0.3 is 10.1 Å². The summed E-state index contributed by atoms with van der Waals surface area (Å²) in [7, 11) is 0. The number of halogens is 1. The molecule has 0 spiro atoms. The Hall–Kier alpha value is -1.71. The average Bonchev–Trinajstić information content (AvgIpc) is 2.67. The molecule has 0 aromatic heterocycles. The lowest BCUT2D eigenvalue weighted by Gasteiger charge is -2.32. The normalized spacial score (nSPS) is 23.2. The maximum absolute atomic E-state index is 13.2. The number of ether oxygens (including phenoxy) is 1. The van der Waals surface area contributed by atoms with E-state index in [4.69, 9.17) is 4.74 Å². The van der Waals surface area contributed by atoms with Crippen LogP contribution in [-0.2, 0) is 24.2 Å². The molecule has 1 fully saturated rings. The maximum Gasteiger partial charge on any atom is 0.123 e. The third kappa shape index (κ3) is 3.94. The molecule has 2 aromatic carbocycles. The SMILES string of the molecule is Fc1ccc(C2CCNCC2OCc2ccc3c(c2)CCCC3)cc1. The van der Waals surface area contributed by atoms with Gasteiger partial charge in [-0.25, -0.2) is 4.39 Å². The molecule has 1 saturated heterocycles. The van der Waals surface area contributed by atoms with Gasteiger partial charge in [0.25, 0.3) is 0 Å². The highest BCUT2D eigenvalue weighted by Crippen LogP contribution is 2.29. The van der Waals surface area contributed by atoms with Gasteiger partial charge in [0.15, 0.2) is 0 Å². The third-order valence-electron chi connectivity index (χ3n) is 5.60. The number of hydrogen-bond donors (Lipinski definition) is 1. The van der Waals surface area contributed by atoms with Crippen LogP contribution in [-0.4, -0.2) is 19.2 Å². The fraction of sp³-hybridized carbons (Fsp3) is 0.455. The highest BCUT2D eigenvalue weighted by molar-refractivity contribution is 5.33. The van der Waals surface area contributed by atoms with Crippen molar-refractivity contribution >= 4 is 0 Å². The Balaban J connectivity index is 1.44. The Kier molecular flexibility index (Phi) is 5.14. The van der Waals surface area contributed by atoms with E-state index in [0.29, 0.717) is 12.5 Å². The van der Waals surface area contributed by atoms with Crippen LogP contribution in [0.1, 0.15) is 47.4 Å². The topological polar surface area (TPSA) is 21.3 Å². The fourth-order valence-corrected chi connectivity index (χ4v) is 4.18. The molecule has 1 aliphatic heterocycles. The number of nitrogens with one attached hydrogen (secondary N) is 1. The van der Waals surface area contributed by atoms with Gasteiger partial charge in [-0.15, -0.1) is 0 Å². The zero-order chi connectivity index (χ0) is 17.1. The van der Waals surface area contributed by atoms with E-state index in [2.05, 4.69) is 23.5 Å². The minimum absolute atomic E-state index is 0.134. The van der Waals surface area contributed by atoms with Gasteiger partial charge in [0.1, 0.15) is 5.82 Å². The van der Waals surface area contributed by atoms with Crippen molar-refractivity contribution < 1.29 is 9.13 Å². The monoisotopic (exact) mass is 339 g/mol. The Morgan fingerprint density at radius 2 is 1.80 bits per heavy atom. The molecule has 4 rings (SSSR count). The highest BCUT2D eigenvalue weighted by Gasteiger charge is 2.27. The van der Waals surface area contributed by atoms with Gasteiger partial charge in [-0.05, 0) is 73.0 Å². The van der Waals surface area contributed by atoms with Gasteiger partial charge in [-0.1, -0.05) is 30.3 Å². The van der Waals surface area contributed by atoms with E-state index in [1.807, 2.05) is 12.1 Å². The van der Waals surface area contributed by atoms with Gasteiger partial charge >= 0.3 is 0 Å². The van der Waals surface area contributed by atoms with E-state index in [0.717, 1.165) is 19.5 Å². The smallest absolute Gasteiger partial charge is 0.123 e. The summed E-state index contributed by atoms with van der Waals surface area (Å²) in [5, 5.41) is 3.43. The zero-order valence-corrected chi connectivity index (χ0v) is 14.6. The van der Waals surface area contributed by atoms with E-state index < -0.39 is 0 Å². The lowest BCUT2D eigenvalue weighted by atomic mass is 9.87. The molecule has 1 heterocycles. The average molecular weight is 339 g/mol. The van der Waals surface area contributed by atoms with Crippen molar-refractivity contribution in [3.63, 3.8) is 0 Å². The van der Waals surface area contributed by atoms with Crippen LogP contribution in [0.5, 0.6) is 0 Å². The first kappa shape index (κ1) is 16.7. The minimum Gasteiger partial charge on any atom is -0.372 e. The summed E-state index contributed by atoms with van der Waals surface area (Å²) in [6.45, 7) is 2.49. The van der Waals surface area contributed by atoms with Gasteiger partial charge in [-0.3, -0.25) is 0 Å². The second-order valence-corrected chi connectivity index (χ2v) is 7.31. The van der Waals surface area contributed by atoms with Crippen molar-refractivity contribution in [1.82, 2.24) is 5.32 Å². The number of fused-ring (bicyclic) bond motifs is 1. The van der Waals surface area contributed by atoms with E-state index in [1.165, 1.54) is 47.9 Å². The Labute approximate surface area is 149 Å². The molecule has 3 heteroatoms. The van der Waals surface area contributed by atoms with Crippen LogP contribution in [0, 0.1) is 5.82 Å². The van der Waals surface area contributed by atoms with Gasteiger partial charge in [0.2, 0.25) is 0 Å². The number of benzene rings is 2. The first-order chi connectivity index (χ1) is 12.3. The lowest BCUT2D eigenvalue weighted by Crippen LogP contribution is -2.41. The molecule has 2 nitrogen and oxygen atoms in total. The molecule has 2 atom stereocenters. The van der Waals surface area contributed by atoms with E-state index >= 15 is 0 Å². The summed E-state index contributed by atoms with van der Waals surface area (Å²) in [4.78, 5) is 0. The van der Waals surface area contributed by atoms with Gasteiger partial charge in [0, 0.05) is 12.5 Å². The van der Waals surface area contributed by atoms with Crippen LogP contribution in [0.15, 0.2) is 42.5 Å². The van der Waals surface area contributed by atoms with Gasteiger partial charge in [0.05, 0.1) is 12.7 Å². The van der Waals surface area contributed by atoms with Crippen LogP contribution in [0.3, 0.4) is 0 Å². The molecule has 1 aliphatic carbocycles. The fourth-order valence-electron chi connectivity index (χ4n) is 4.18. The molecular formula is C22H26FNO. The molecule has 0 amide bonds. The number of hydrogen-bond acceptors (Lipinski definition) is 2. The van der Waals surface area contributed by atoms with Gasteiger partial charge in [-0.2, -0.15) is 0 Å². The molecule has 2 unspecified atom stereocenters. The summed E-state index contributed by atoms with van der Waals surface area (Å²) >= 11 is 0. The maximum atomic E-state index is 13.2. The van der Waals surface area contributed by atoms with Crippen molar-refractivity contribution in [2.45, 2.75) is 50.7 Å². The summed E-state index contributed by atoms with van der Waals surface area (Å²) in [5.74, 6) is 0.156. The number of piperidine rings is 1. The number of aryl methyl sites for hydroxylation is 2.